The van der Waals surface area contributed by atoms with E-state index in [1.54, 1.807) is 12.1 Å². The smallest absolute Gasteiger partial charge is 0.269 e. The van der Waals surface area contributed by atoms with Crippen LogP contribution in [0.25, 0.3) is 0 Å². The van der Waals surface area contributed by atoms with E-state index < -0.39 is 4.92 Å². The van der Waals surface area contributed by atoms with Gasteiger partial charge in [0.25, 0.3) is 5.69 Å². The van der Waals surface area contributed by atoms with Gasteiger partial charge in [0, 0.05) is 12.1 Å². The lowest BCUT2D eigenvalue weighted by atomic mass is 10.1. The predicted octanol–water partition coefficient (Wildman–Crippen LogP) is 1.67. The number of amides is 1. The molecule has 0 aromatic heterocycles. The van der Waals surface area contributed by atoms with Crippen molar-refractivity contribution < 1.29 is 9.72 Å². The number of hydrogen-bond donors (Lipinski definition) is 1. The third-order valence-electron chi connectivity index (χ3n) is 2.46. The van der Waals surface area contributed by atoms with E-state index in [0.29, 0.717) is 12.0 Å². The zero-order valence-corrected chi connectivity index (χ0v) is 10.1. The van der Waals surface area contributed by atoms with Crippen LogP contribution < -0.4 is 5.32 Å². The van der Waals surface area contributed by atoms with Crippen molar-refractivity contribution in [1.29, 1.82) is 0 Å². The molecule has 1 amide bonds. The fraction of sp³-hybridized carbons (Fsp3) is 0.308. The summed E-state index contributed by atoms with van der Waals surface area (Å²) in [6, 6.07) is 5.61. The Labute approximate surface area is 105 Å². The van der Waals surface area contributed by atoms with Crippen molar-refractivity contribution in [2.24, 2.45) is 0 Å². The molecule has 0 radical (unpaired) electrons. The van der Waals surface area contributed by atoms with Crippen molar-refractivity contribution in [2.75, 3.05) is 0 Å². The highest BCUT2D eigenvalue weighted by Gasteiger charge is 2.09. The Morgan fingerprint density at radius 1 is 1.50 bits per heavy atom. The lowest BCUT2D eigenvalue weighted by molar-refractivity contribution is -0.384. The number of benzene rings is 1. The van der Waals surface area contributed by atoms with Gasteiger partial charge in [-0.1, -0.05) is 25.0 Å². The van der Waals surface area contributed by atoms with Crippen molar-refractivity contribution >= 4 is 11.6 Å². The molecule has 0 heterocycles. The molecule has 0 saturated carbocycles. The highest BCUT2D eigenvalue weighted by Crippen LogP contribution is 2.12. The Hall–Kier alpha value is -2.35. The molecule has 0 aliphatic carbocycles. The monoisotopic (exact) mass is 246 g/mol. The maximum absolute atomic E-state index is 11.6. The zero-order chi connectivity index (χ0) is 13.5. The SMILES string of the molecule is C#CC(CC)NC(=O)Cc1ccc([N+](=O)[O-])cc1. The molecule has 0 spiro atoms. The molecule has 0 bridgehead atoms. The molecule has 0 aliphatic rings. The summed E-state index contributed by atoms with van der Waals surface area (Å²) >= 11 is 0. The van der Waals surface area contributed by atoms with E-state index in [0.717, 1.165) is 0 Å². The number of rotatable bonds is 5. The van der Waals surface area contributed by atoms with Crippen molar-refractivity contribution in [1.82, 2.24) is 5.32 Å². The van der Waals surface area contributed by atoms with Crippen molar-refractivity contribution in [3.63, 3.8) is 0 Å². The number of nitrogens with one attached hydrogen (secondary N) is 1. The second kappa shape index (κ2) is 6.40. The van der Waals surface area contributed by atoms with Gasteiger partial charge in [0.2, 0.25) is 5.91 Å². The van der Waals surface area contributed by atoms with E-state index >= 15 is 0 Å². The van der Waals surface area contributed by atoms with Crippen molar-refractivity contribution in [3.8, 4) is 12.3 Å². The fourth-order valence-electron chi connectivity index (χ4n) is 1.43. The average Bonchev–Trinajstić information content (AvgIpc) is 2.36. The molecule has 0 saturated heterocycles. The van der Waals surface area contributed by atoms with Crippen molar-refractivity contribution in [2.45, 2.75) is 25.8 Å². The van der Waals surface area contributed by atoms with Gasteiger partial charge in [0.1, 0.15) is 0 Å². The molecule has 0 fully saturated rings. The van der Waals surface area contributed by atoms with Gasteiger partial charge in [-0.05, 0) is 12.0 Å². The average molecular weight is 246 g/mol. The van der Waals surface area contributed by atoms with Crippen LogP contribution in [0.15, 0.2) is 24.3 Å². The van der Waals surface area contributed by atoms with Crippen LogP contribution in [0, 0.1) is 22.5 Å². The summed E-state index contributed by atoms with van der Waals surface area (Å²) in [6.45, 7) is 1.89. The molecule has 0 aliphatic heterocycles. The van der Waals surface area contributed by atoms with Gasteiger partial charge >= 0.3 is 0 Å². The van der Waals surface area contributed by atoms with Gasteiger partial charge in [-0.2, -0.15) is 0 Å². The third kappa shape index (κ3) is 3.91. The first kappa shape index (κ1) is 13.7. The van der Waals surface area contributed by atoms with Crippen molar-refractivity contribution in [3.05, 3.63) is 39.9 Å². The normalized spacial score (nSPS) is 11.3. The van der Waals surface area contributed by atoms with Crippen LogP contribution in [0.5, 0.6) is 0 Å². The first-order valence-electron chi connectivity index (χ1n) is 5.55. The lowest BCUT2D eigenvalue weighted by Crippen LogP contribution is -2.34. The molecule has 1 N–H and O–H groups in total. The molecule has 94 valence electrons. The Kier molecular flexibility index (Phi) is 4.88. The number of nitro benzene ring substituents is 1. The summed E-state index contributed by atoms with van der Waals surface area (Å²) in [5.41, 5.74) is 0.721. The summed E-state index contributed by atoms with van der Waals surface area (Å²) in [5.74, 6) is 2.28. The zero-order valence-electron chi connectivity index (χ0n) is 10.1. The summed E-state index contributed by atoms with van der Waals surface area (Å²) in [4.78, 5) is 21.6. The summed E-state index contributed by atoms with van der Waals surface area (Å²) in [7, 11) is 0. The molecule has 5 nitrogen and oxygen atoms in total. The van der Waals surface area contributed by atoms with Crippen LogP contribution in [0.1, 0.15) is 18.9 Å². The van der Waals surface area contributed by atoms with Crippen LogP contribution in [0.2, 0.25) is 0 Å². The highest BCUT2D eigenvalue weighted by molar-refractivity contribution is 5.79. The number of carbonyl (C=O) groups excluding carboxylic acids is 1. The van der Waals surface area contributed by atoms with Gasteiger partial charge in [-0.3, -0.25) is 14.9 Å². The van der Waals surface area contributed by atoms with Crippen LogP contribution in [0.3, 0.4) is 0 Å². The molecule has 18 heavy (non-hydrogen) atoms. The van der Waals surface area contributed by atoms with E-state index in [9.17, 15) is 14.9 Å². The lowest BCUT2D eigenvalue weighted by Gasteiger charge is -2.10. The molecule has 5 heteroatoms. The minimum atomic E-state index is -0.477. The fourth-order valence-corrected chi connectivity index (χ4v) is 1.43. The van der Waals surface area contributed by atoms with E-state index in [-0.39, 0.29) is 24.1 Å². The Morgan fingerprint density at radius 2 is 2.11 bits per heavy atom. The minimum absolute atomic E-state index is 0.00853. The third-order valence-corrected chi connectivity index (χ3v) is 2.46. The first-order chi connectivity index (χ1) is 8.56. The number of hydrogen-bond acceptors (Lipinski definition) is 3. The quantitative estimate of drug-likeness (QED) is 0.488. The molecule has 1 unspecified atom stereocenters. The van der Waals surface area contributed by atoms with Crippen LogP contribution in [0.4, 0.5) is 5.69 Å². The summed E-state index contributed by atoms with van der Waals surface area (Å²) in [5, 5.41) is 13.2. The Balaban J connectivity index is 2.60. The van der Waals surface area contributed by atoms with Crippen LogP contribution >= 0.6 is 0 Å². The molecule has 1 aromatic rings. The molecule has 1 atom stereocenters. The number of non-ortho nitro benzene ring substituents is 1. The summed E-state index contributed by atoms with van der Waals surface area (Å²) < 4.78 is 0. The maximum Gasteiger partial charge on any atom is 0.269 e. The van der Waals surface area contributed by atoms with E-state index in [4.69, 9.17) is 6.42 Å². The Bertz CT molecular complexity index is 474. The molecule has 1 aromatic carbocycles. The number of carbonyl (C=O) groups is 1. The number of terminal acetylenes is 1. The number of nitro groups is 1. The van der Waals surface area contributed by atoms with Gasteiger partial charge in [-0.25, -0.2) is 0 Å². The second-order valence-corrected chi connectivity index (χ2v) is 3.80. The van der Waals surface area contributed by atoms with E-state index in [1.165, 1.54) is 12.1 Å². The maximum atomic E-state index is 11.6. The van der Waals surface area contributed by atoms with Crippen LogP contribution in [-0.4, -0.2) is 16.9 Å². The van der Waals surface area contributed by atoms with Gasteiger partial charge in [0.05, 0.1) is 17.4 Å². The predicted molar refractivity (Wildman–Crippen MR) is 67.9 cm³/mol. The van der Waals surface area contributed by atoms with E-state index in [1.807, 2.05) is 6.92 Å². The Morgan fingerprint density at radius 3 is 2.56 bits per heavy atom. The van der Waals surface area contributed by atoms with Gasteiger partial charge in [0.15, 0.2) is 0 Å². The standard InChI is InChI=1S/C13H14N2O3/c1-3-11(4-2)14-13(16)9-10-5-7-12(8-6-10)15(17)18/h1,5-8,11H,4,9H2,2H3,(H,14,16). The van der Waals surface area contributed by atoms with E-state index in [2.05, 4.69) is 11.2 Å². The molecular weight excluding hydrogens is 232 g/mol. The minimum Gasteiger partial charge on any atom is -0.342 e. The second-order valence-electron chi connectivity index (χ2n) is 3.80. The van der Waals surface area contributed by atoms with Crippen LogP contribution in [-0.2, 0) is 11.2 Å². The largest absolute Gasteiger partial charge is 0.342 e. The summed E-state index contributed by atoms with van der Waals surface area (Å²) in [6.07, 6.45) is 6.07. The number of nitrogens with zero attached hydrogens (tertiary/aromatic N) is 1. The first-order valence-corrected chi connectivity index (χ1v) is 5.55. The molecular formula is C13H14N2O3. The highest BCUT2D eigenvalue weighted by atomic mass is 16.6. The van der Waals surface area contributed by atoms with Gasteiger partial charge < -0.3 is 5.32 Å². The molecule has 1 rings (SSSR count). The topological polar surface area (TPSA) is 72.2 Å². The van der Waals surface area contributed by atoms with Gasteiger partial charge in [-0.15, -0.1) is 6.42 Å².